The molecule has 0 unspecified atom stereocenters. The fourth-order valence-corrected chi connectivity index (χ4v) is 2.20. The summed E-state index contributed by atoms with van der Waals surface area (Å²) in [6.07, 6.45) is 0.484. The Morgan fingerprint density at radius 3 is 2.00 bits per heavy atom. The molecule has 2 nitrogen and oxygen atoms in total. The second kappa shape index (κ2) is 6.87. The molecule has 1 N–H and O–H groups in total. The zero-order valence-electron chi connectivity index (χ0n) is 10.2. The normalized spacial score (nSPS) is 10.2. The maximum atomic E-state index is 11.9. The van der Waals surface area contributed by atoms with Crippen LogP contribution in [0.3, 0.4) is 0 Å². The van der Waals surface area contributed by atoms with Crippen LogP contribution in [-0.4, -0.2) is 12.3 Å². The minimum Gasteiger partial charge on any atom is -0.385 e. The van der Waals surface area contributed by atoms with Gasteiger partial charge in [-0.2, -0.15) is 0 Å². The summed E-state index contributed by atoms with van der Waals surface area (Å²) < 4.78 is 2.03. The van der Waals surface area contributed by atoms with Crippen LogP contribution in [0.25, 0.3) is 0 Å². The monoisotopic (exact) mass is 381 g/mol. The molecule has 0 heterocycles. The van der Waals surface area contributed by atoms with Crippen LogP contribution in [0.4, 0.5) is 5.69 Å². The molecule has 0 aliphatic rings. The van der Waals surface area contributed by atoms with Gasteiger partial charge in [0.2, 0.25) is 0 Å². The summed E-state index contributed by atoms with van der Waals surface area (Å²) in [5.74, 6) is 0.150. The molecule has 4 heteroatoms. The van der Waals surface area contributed by atoms with Crippen molar-refractivity contribution < 1.29 is 4.79 Å². The molecule has 19 heavy (non-hydrogen) atoms. The first-order valence-electron chi connectivity index (χ1n) is 5.93. The number of hydrogen-bond donors (Lipinski definition) is 1. The third kappa shape index (κ3) is 4.48. The SMILES string of the molecule is O=C(CCNc1ccc(Br)cc1)c1ccc(Br)cc1. The molecule has 98 valence electrons. The molecule has 2 aromatic rings. The predicted molar refractivity (Wildman–Crippen MR) is 85.7 cm³/mol. The van der Waals surface area contributed by atoms with Crippen molar-refractivity contribution in [3.05, 3.63) is 63.0 Å². The standard InChI is InChI=1S/C15H13Br2NO/c16-12-3-1-11(2-4-12)15(19)9-10-18-14-7-5-13(17)6-8-14/h1-8,18H,9-10H2. The molecule has 0 radical (unpaired) electrons. The van der Waals surface area contributed by atoms with Crippen molar-refractivity contribution in [2.24, 2.45) is 0 Å². The molecule has 0 bridgehead atoms. The first-order valence-corrected chi connectivity index (χ1v) is 7.52. The van der Waals surface area contributed by atoms with Crippen LogP contribution in [0, 0.1) is 0 Å². The van der Waals surface area contributed by atoms with Gasteiger partial charge in [0.05, 0.1) is 0 Å². The third-order valence-electron chi connectivity index (χ3n) is 2.69. The van der Waals surface area contributed by atoms with Crippen LogP contribution in [0.5, 0.6) is 0 Å². The average Bonchev–Trinajstić information content (AvgIpc) is 2.41. The number of halogens is 2. The van der Waals surface area contributed by atoms with Crippen LogP contribution in [-0.2, 0) is 0 Å². The predicted octanol–water partition coefficient (Wildman–Crippen LogP) is 4.90. The van der Waals surface area contributed by atoms with E-state index in [-0.39, 0.29) is 5.78 Å². The summed E-state index contributed by atoms with van der Waals surface area (Å²) in [6, 6.07) is 15.4. The summed E-state index contributed by atoms with van der Waals surface area (Å²) in [7, 11) is 0. The molecule has 0 aliphatic heterocycles. The van der Waals surface area contributed by atoms with Crippen LogP contribution in [0.1, 0.15) is 16.8 Å². The van der Waals surface area contributed by atoms with Gasteiger partial charge in [-0.15, -0.1) is 0 Å². The number of carbonyl (C=O) groups excluding carboxylic acids is 1. The first kappa shape index (κ1) is 14.3. The summed E-state index contributed by atoms with van der Waals surface area (Å²) in [4.78, 5) is 11.9. The molecular formula is C15H13Br2NO. The summed E-state index contributed by atoms with van der Waals surface area (Å²) >= 11 is 6.74. The highest BCUT2D eigenvalue weighted by atomic mass is 79.9. The molecule has 0 spiro atoms. The van der Waals surface area contributed by atoms with Gasteiger partial charge >= 0.3 is 0 Å². The van der Waals surface area contributed by atoms with E-state index < -0.39 is 0 Å². The Labute approximate surface area is 129 Å². The molecule has 0 saturated heterocycles. The number of Topliss-reactive ketones (excluding diaryl/α,β-unsaturated/α-hetero) is 1. The van der Waals surface area contributed by atoms with E-state index in [0.29, 0.717) is 13.0 Å². The number of benzene rings is 2. The third-order valence-corrected chi connectivity index (χ3v) is 3.75. The van der Waals surface area contributed by atoms with Crippen molar-refractivity contribution in [3.8, 4) is 0 Å². The topological polar surface area (TPSA) is 29.1 Å². The summed E-state index contributed by atoms with van der Waals surface area (Å²) in [5.41, 5.74) is 1.77. The molecule has 0 fully saturated rings. The van der Waals surface area contributed by atoms with Crippen LogP contribution < -0.4 is 5.32 Å². The van der Waals surface area contributed by atoms with Crippen molar-refractivity contribution in [1.82, 2.24) is 0 Å². The number of ketones is 1. The molecule has 0 aliphatic carbocycles. The second-order valence-corrected chi connectivity index (χ2v) is 5.95. The van der Waals surface area contributed by atoms with Gasteiger partial charge in [0.1, 0.15) is 0 Å². The molecule has 0 saturated carbocycles. The van der Waals surface area contributed by atoms with Gasteiger partial charge in [0, 0.05) is 33.2 Å². The average molecular weight is 383 g/mol. The molecule has 0 aromatic heterocycles. The quantitative estimate of drug-likeness (QED) is 0.745. The number of hydrogen-bond acceptors (Lipinski definition) is 2. The van der Waals surface area contributed by atoms with E-state index in [9.17, 15) is 4.79 Å². The Balaban J connectivity index is 1.84. The Kier molecular flexibility index (Phi) is 5.16. The van der Waals surface area contributed by atoms with Gasteiger partial charge in [-0.25, -0.2) is 0 Å². The Bertz CT molecular complexity index is 549. The van der Waals surface area contributed by atoms with Gasteiger partial charge in [-0.05, 0) is 36.4 Å². The summed E-state index contributed by atoms with van der Waals surface area (Å²) in [6.45, 7) is 0.635. The largest absolute Gasteiger partial charge is 0.385 e. The van der Waals surface area contributed by atoms with E-state index >= 15 is 0 Å². The van der Waals surface area contributed by atoms with Gasteiger partial charge in [0.15, 0.2) is 5.78 Å². The van der Waals surface area contributed by atoms with E-state index in [1.54, 1.807) is 0 Å². The maximum absolute atomic E-state index is 11.9. The van der Waals surface area contributed by atoms with Crippen molar-refractivity contribution in [2.75, 3.05) is 11.9 Å². The Hall–Kier alpha value is -1.13. The van der Waals surface area contributed by atoms with E-state index in [1.165, 1.54) is 0 Å². The van der Waals surface area contributed by atoms with Crippen LogP contribution in [0.15, 0.2) is 57.5 Å². The molecule has 0 atom stereocenters. The molecule has 2 aromatic carbocycles. The molecule has 0 amide bonds. The highest BCUT2D eigenvalue weighted by molar-refractivity contribution is 9.10. The fraction of sp³-hybridized carbons (Fsp3) is 0.133. The van der Waals surface area contributed by atoms with Gasteiger partial charge in [-0.1, -0.05) is 44.0 Å². The number of anilines is 1. The molecule has 2 rings (SSSR count). The lowest BCUT2D eigenvalue weighted by Crippen LogP contribution is -2.08. The Morgan fingerprint density at radius 1 is 0.895 bits per heavy atom. The first-order chi connectivity index (χ1) is 9.15. The zero-order chi connectivity index (χ0) is 13.7. The van der Waals surface area contributed by atoms with Crippen LogP contribution in [0.2, 0.25) is 0 Å². The Morgan fingerprint density at radius 2 is 1.42 bits per heavy atom. The van der Waals surface area contributed by atoms with Gasteiger partial charge in [0.25, 0.3) is 0 Å². The lowest BCUT2D eigenvalue weighted by Gasteiger charge is -2.06. The maximum Gasteiger partial charge on any atom is 0.164 e. The lowest BCUT2D eigenvalue weighted by atomic mass is 10.1. The van der Waals surface area contributed by atoms with Crippen molar-refractivity contribution in [2.45, 2.75) is 6.42 Å². The minimum absolute atomic E-state index is 0.150. The number of carbonyl (C=O) groups is 1. The van der Waals surface area contributed by atoms with E-state index in [0.717, 1.165) is 20.2 Å². The van der Waals surface area contributed by atoms with E-state index in [4.69, 9.17) is 0 Å². The van der Waals surface area contributed by atoms with Crippen molar-refractivity contribution in [1.29, 1.82) is 0 Å². The van der Waals surface area contributed by atoms with E-state index in [1.807, 2.05) is 48.5 Å². The van der Waals surface area contributed by atoms with Crippen LogP contribution >= 0.6 is 31.9 Å². The fourth-order valence-electron chi connectivity index (χ4n) is 1.67. The highest BCUT2D eigenvalue weighted by Crippen LogP contribution is 2.15. The van der Waals surface area contributed by atoms with Gasteiger partial charge in [-0.3, -0.25) is 4.79 Å². The van der Waals surface area contributed by atoms with E-state index in [2.05, 4.69) is 37.2 Å². The highest BCUT2D eigenvalue weighted by Gasteiger charge is 2.04. The van der Waals surface area contributed by atoms with Crippen molar-refractivity contribution in [3.63, 3.8) is 0 Å². The minimum atomic E-state index is 0.150. The number of nitrogens with one attached hydrogen (secondary N) is 1. The summed E-state index contributed by atoms with van der Waals surface area (Å²) in [5, 5.41) is 3.23. The van der Waals surface area contributed by atoms with Crippen molar-refractivity contribution >= 4 is 43.3 Å². The smallest absolute Gasteiger partial charge is 0.164 e. The zero-order valence-corrected chi connectivity index (χ0v) is 13.4. The molecular weight excluding hydrogens is 370 g/mol. The van der Waals surface area contributed by atoms with Gasteiger partial charge < -0.3 is 5.32 Å². The number of rotatable bonds is 5. The second-order valence-electron chi connectivity index (χ2n) is 4.11. The lowest BCUT2D eigenvalue weighted by molar-refractivity contribution is 0.0986.